The first-order chi connectivity index (χ1) is 14.3. The van der Waals surface area contributed by atoms with Crippen molar-refractivity contribution in [2.75, 3.05) is 4.31 Å². The van der Waals surface area contributed by atoms with Crippen LogP contribution >= 0.6 is 11.3 Å². The first-order valence-corrected chi connectivity index (χ1v) is 10.4. The lowest BCUT2D eigenvalue weighted by Crippen LogP contribution is -2.17. The van der Waals surface area contributed by atoms with Crippen LogP contribution in [0.1, 0.15) is 0 Å². The van der Waals surface area contributed by atoms with Gasteiger partial charge in [-0.1, -0.05) is 30.3 Å². The second-order valence-electron chi connectivity index (χ2n) is 5.99. The van der Waals surface area contributed by atoms with E-state index in [-0.39, 0.29) is 10.9 Å². The molecule has 2 heterocycles. The average Bonchev–Trinajstić information content (AvgIpc) is 3.21. The minimum Gasteiger partial charge on any atom is -0.406 e. The monoisotopic (exact) mass is 451 g/mol. The molecule has 2 aromatic heterocycles. The molecule has 0 spiro atoms. The van der Waals surface area contributed by atoms with Gasteiger partial charge < -0.3 is 4.74 Å². The zero-order valence-electron chi connectivity index (χ0n) is 14.9. The molecule has 0 saturated heterocycles. The van der Waals surface area contributed by atoms with Gasteiger partial charge in [-0.2, -0.15) is 0 Å². The highest BCUT2D eigenvalue weighted by Gasteiger charge is 2.31. The highest BCUT2D eigenvalue weighted by atomic mass is 32.2. The number of thiol groups is 1. The molecule has 0 amide bonds. The summed E-state index contributed by atoms with van der Waals surface area (Å²) >= 11 is 1.15. The van der Waals surface area contributed by atoms with Gasteiger partial charge in [0.15, 0.2) is 0 Å². The van der Waals surface area contributed by atoms with Crippen LogP contribution in [0.5, 0.6) is 5.75 Å². The van der Waals surface area contributed by atoms with Gasteiger partial charge in [-0.05, 0) is 24.3 Å². The number of fused-ring (bicyclic) bond motifs is 1. The number of para-hydroxylation sites is 1. The van der Waals surface area contributed by atoms with Gasteiger partial charge in [0.25, 0.3) is 0 Å². The van der Waals surface area contributed by atoms with Crippen molar-refractivity contribution in [2.45, 2.75) is 6.36 Å². The fourth-order valence-electron chi connectivity index (χ4n) is 2.90. The van der Waals surface area contributed by atoms with E-state index in [1.807, 2.05) is 0 Å². The van der Waals surface area contributed by atoms with Crippen LogP contribution in [0, 0.1) is 0 Å². The Bertz CT molecular complexity index is 1270. The number of benzene rings is 2. The summed E-state index contributed by atoms with van der Waals surface area (Å²) in [4.78, 5) is 8.58. The van der Waals surface area contributed by atoms with Crippen LogP contribution in [0.25, 0.3) is 22.2 Å². The molecule has 0 aliphatic carbocycles. The van der Waals surface area contributed by atoms with E-state index >= 15 is 0 Å². The van der Waals surface area contributed by atoms with Gasteiger partial charge in [-0.15, -0.1) is 24.5 Å². The van der Waals surface area contributed by atoms with Crippen molar-refractivity contribution in [1.82, 2.24) is 9.97 Å². The fourth-order valence-corrected chi connectivity index (χ4v) is 4.33. The number of ether oxygens (including phenoxy) is 1. The number of thiazole rings is 1. The number of pyridine rings is 1. The molecular weight excluding hydrogens is 439 g/mol. The van der Waals surface area contributed by atoms with Crippen LogP contribution < -0.4 is 9.04 Å². The number of aromatic nitrogens is 2. The first-order valence-electron chi connectivity index (χ1n) is 8.42. The van der Waals surface area contributed by atoms with E-state index in [9.17, 15) is 21.6 Å². The molecule has 0 atom stereocenters. The quantitative estimate of drug-likeness (QED) is 0.436. The lowest BCUT2D eigenvalue weighted by Gasteiger charge is -2.16. The van der Waals surface area contributed by atoms with E-state index in [1.165, 1.54) is 24.4 Å². The summed E-state index contributed by atoms with van der Waals surface area (Å²) in [5.41, 5.74) is 1.42. The molecule has 0 aliphatic heterocycles. The maximum Gasteiger partial charge on any atom is 0.573 e. The maximum atomic E-state index is 12.5. The van der Waals surface area contributed by atoms with Crippen molar-refractivity contribution >= 4 is 43.9 Å². The number of alkyl halides is 3. The minimum atomic E-state index is -4.81. The molecule has 4 aromatic rings. The number of nitrogens with zero attached hydrogens (tertiary/aromatic N) is 3. The van der Waals surface area contributed by atoms with E-state index in [1.54, 1.807) is 41.8 Å². The Morgan fingerprint density at radius 2 is 1.83 bits per heavy atom. The second kappa shape index (κ2) is 7.92. The van der Waals surface area contributed by atoms with Crippen molar-refractivity contribution < 1.29 is 26.3 Å². The van der Waals surface area contributed by atoms with Crippen LogP contribution in [-0.2, 0) is 10.9 Å². The summed E-state index contributed by atoms with van der Waals surface area (Å²) in [5.74, 6) is -0.373. The third-order valence-corrected chi connectivity index (χ3v) is 5.68. The van der Waals surface area contributed by atoms with Crippen LogP contribution in [-0.4, -0.2) is 24.7 Å². The SMILES string of the molecule is O=[SH](=O)N(c1nccs1)c1cccc2ccc(-c3cccc(OC(F)(F)F)c3)nc12. The van der Waals surface area contributed by atoms with Crippen LogP contribution in [0.15, 0.2) is 66.2 Å². The predicted molar refractivity (Wildman–Crippen MR) is 108 cm³/mol. The lowest BCUT2D eigenvalue weighted by atomic mass is 10.1. The maximum absolute atomic E-state index is 12.5. The Hall–Kier alpha value is -3.18. The van der Waals surface area contributed by atoms with E-state index in [4.69, 9.17) is 0 Å². The van der Waals surface area contributed by atoms with Gasteiger partial charge in [0, 0.05) is 22.5 Å². The average molecular weight is 451 g/mol. The molecule has 0 fully saturated rings. The van der Waals surface area contributed by atoms with E-state index in [0.717, 1.165) is 15.6 Å². The summed E-state index contributed by atoms with van der Waals surface area (Å²) in [7, 11) is -3.05. The molecule has 2 aromatic carbocycles. The van der Waals surface area contributed by atoms with Gasteiger partial charge in [0.2, 0.25) is 16.0 Å². The lowest BCUT2D eigenvalue weighted by molar-refractivity contribution is -0.274. The molecule has 0 unspecified atom stereocenters. The Kier molecular flexibility index (Phi) is 5.31. The Balaban J connectivity index is 1.84. The van der Waals surface area contributed by atoms with Gasteiger partial charge in [-0.25, -0.2) is 22.7 Å². The molecule has 6 nitrogen and oxygen atoms in total. The Morgan fingerprint density at radius 3 is 2.53 bits per heavy atom. The standard InChI is InChI=1S/C19H12F3N3O3S2/c20-19(21,22)28-14-5-1-4-13(11-14)15-8-7-12-3-2-6-16(17(12)24-15)25(30(26)27)18-23-9-10-29-18/h1-11,30H. The van der Waals surface area contributed by atoms with Crippen LogP contribution in [0.4, 0.5) is 24.0 Å². The summed E-state index contributed by atoms with van der Waals surface area (Å²) in [5, 5.41) is 2.57. The van der Waals surface area contributed by atoms with Crippen LogP contribution in [0.3, 0.4) is 0 Å². The van der Waals surface area contributed by atoms with Crippen LogP contribution in [0.2, 0.25) is 0 Å². The highest BCUT2D eigenvalue weighted by Crippen LogP contribution is 2.34. The molecule has 4 rings (SSSR count). The molecule has 30 heavy (non-hydrogen) atoms. The van der Waals surface area contributed by atoms with Crippen molar-refractivity contribution in [3.05, 3.63) is 66.2 Å². The normalized spacial score (nSPS) is 11.7. The number of anilines is 2. The van der Waals surface area contributed by atoms with Gasteiger partial charge in [0.05, 0.1) is 16.9 Å². The van der Waals surface area contributed by atoms with Crippen molar-refractivity contribution in [3.8, 4) is 17.0 Å². The molecule has 0 bridgehead atoms. The van der Waals surface area contributed by atoms with E-state index in [2.05, 4.69) is 14.7 Å². The summed E-state index contributed by atoms with van der Waals surface area (Å²) in [6.45, 7) is 0. The predicted octanol–water partition coefficient (Wildman–Crippen LogP) is 4.92. The molecular formula is C19H12F3N3O3S2. The number of halogens is 3. The van der Waals surface area contributed by atoms with Crippen molar-refractivity contribution in [2.24, 2.45) is 0 Å². The number of hydrogen-bond acceptors (Lipinski definition) is 6. The van der Waals surface area contributed by atoms with Crippen molar-refractivity contribution in [3.63, 3.8) is 0 Å². The van der Waals surface area contributed by atoms with Crippen molar-refractivity contribution in [1.29, 1.82) is 0 Å². The summed E-state index contributed by atoms with van der Waals surface area (Å²) < 4.78 is 66.5. The molecule has 0 aliphatic rings. The Labute approximate surface area is 174 Å². The largest absolute Gasteiger partial charge is 0.573 e. The third-order valence-electron chi connectivity index (χ3n) is 4.05. The molecule has 0 N–H and O–H groups in total. The Morgan fingerprint density at radius 1 is 1.03 bits per heavy atom. The van der Waals surface area contributed by atoms with E-state index in [0.29, 0.717) is 27.8 Å². The molecule has 11 heteroatoms. The minimum absolute atomic E-state index is 0.256. The number of rotatable bonds is 5. The fraction of sp³-hybridized carbons (Fsp3) is 0.0526. The molecule has 0 saturated carbocycles. The zero-order valence-corrected chi connectivity index (χ0v) is 16.6. The van der Waals surface area contributed by atoms with Gasteiger partial charge in [0.1, 0.15) is 5.75 Å². The molecule has 0 radical (unpaired) electrons. The second-order valence-corrected chi connectivity index (χ2v) is 7.73. The van der Waals surface area contributed by atoms with Gasteiger partial charge >= 0.3 is 6.36 Å². The van der Waals surface area contributed by atoms with E-state index < -0.39 is 17.3 Å². The summed E-state index contributed by atoms with van der Waals surface area (Å²) in [6, 6.07) is 13.8. The highest BCUT2D eigenvalue weighted by molar-refractivity contribution is 7.74. The molecule has 154 valence electrons. The zero-order chi connectivity index (χ0) is 21.3. The summed E-state index contributed by atoms with van der Waals surface area (Å²) in [6.07, 6.45) is -3.32. The first kappa shape index (κ1) is 20.1. The van der Waals surface area contributed by atoms with Gasteiger partial charge in [-0.3, -0.25) is 0 Å². The topological polar surface area (TPSA) is 72.4 Å². The smallest absolute Gasteiger partial charge is 0.406 e. The third kappa shape index (κ3) is 4.21. The number of hydrogen-bond donors (Lipinski definition) is 1.